The van der Waals surface area contributed by atoms with Crippen molar-refractivity contribution in [2.45, 2.75) is 53.4 Å². The van der Waals surface area contributed by atoms with E-state index in [2.05, 4.69) is 39.2 Å². The Labute approximate surface area is 96.8 Å². The minimum Gasteiger partial charge on any atom is -0.103 e. The molecular weight excluding hydrogens is 180 g/mol. The Hall–Kier alpha value is -0.780. The molecule has 0 amide bonds. The summed E-state index contributed by atoms with van der Waals surface area (Å²) in [6.45, 7) is 15.7. The fraction of sp³-hybridized carbons (Fsp3) is 0.600. The van der Waals surface area contributed by atoms with Crippen LogP contribution in [0.15, 0.2) is 37.0 Å². The second-order valence-electron chi connectivity index (χ2n) is 4.33. The zero-order chi connectivity index (χ0) is 12.1. The van der Waals surface area contributed by atoms with Gasteiger partial charge >= 0.3 is 0 Å². The molecule has 0 bridgehead atoms. The van der Waals surface area contributed by atoms with Gasteiger partial charge in [-0.1, -0.05) is 44.1 Å². The standard InChI is InChI=1S/C11H20.C4H8/c1-4-6-7-8-10-11(3)9-5-2;1-4(2)3/h5,7-8,11H,2,4,6,9-10H2,1,3H3;1H2,2-3H3. The van der Waals surface area contributed by atoms with E-state index >= 15 is 0 Å². The lowest BCUT2D eigenvalue weighted by atomic mass is 10.0. The molecule has 0 nitrogen and oxygen atoms in total. The summed E-state index contributed by atoms with van der Waals surface area (Å²) >= 11 is 0. The van der Waals surface area contributed by atoms with Crippen LogP contribution in [0.2, 0.25) is 0 Å². The van der Waals surface area contributed by atoms with Crippen LogP contribution in [0.1, 0.15) is 53.4 Å². The van der Waals surface area contributed by atoms with Crippen molar-refractivity contribution < 1.29 is 0 Å². The molecule has 0 aliphatic heterocycles. The maximum atomic E-state index is 3.72. The SMILES string of the molecule is C=C(C)C.C=CCC(C)CC=CCCC. The molecule has 0 aromatic rings. The number of hydrogen-bond donors (Lipinski definition) is 0. The lowest BCUT2D eigenvalue weighted by molar-refractivity contribution is 0.602. The van der Waals surface area contributed by atoms with E-state index in [0.29, 0.717) is 0 Å². The number of hydrogen-bond acceptors (Lipinski definition) is 0. The summed E-state index contributed by atoms with van der Waals surface area (Å²) in [5, 5.41) is 0. The first-order chi connectivity index (χ1) is 7.04. The minimum atomic E-state index is 0.764. The molecule has 88 valence electrons. The molecule has 0 aliphatic rings. The van der Waals surface area contributed by atoms with Crippen LogP contribution in [-0.2, 0) is 0 Å². The summed E-state index contributed by atoms with van der Waals surface area (Å²) in [7, 11) is 0. The second kappa shape index (κ2) is 13.2. The highest BCUT2D eigenvalue weighted by Gasteiger charge is 1.93. The van der Waals surface area contributed by atoms with Gasteiger partial charge in [0, 0.05) is 0 Å². The summed E-state index contributed by atoms with van der Waals surface area (Å²) < 4.78 is 0. The molecule has 0 saturated carbocycles. The van der Waals surface area contributed by atoms with Gasteiger partial charge in [-0.3, -0.25) is 0 Å². The van der Waals surface area contributed by atoms with Crippen molar-refractivity contribution in [3.63, 3.8) is 0 Å². The highest BCUT2D eigenvalue weighted by molar-refractivity contribution is 4.84. The van der Waals surface area contributed by atoms with Gasteiger partial charge < -0.3 is 0 Å². The predicted molar refractivity (Wildman–Crippen MR) is 73.1 cm³/mol. The molecule has 0 heterocycles. The van der Waals surface area contributed by atoms with Crippen LogP contribution >= 0.6 is 0 Å². The smallest absolute Gasteiger partial charge is 0.0322 e. The summed E-state index contributed by atoms with van der Waals surface area (Å²) in [6, 6.07) is 0. The highest BCUT2D eigenvalue weighted by Crippen LogP contribution is 2.08. The van der Waals surface area contributed by atoms with Gasteiger partial charge in [0.25, 0.3) is 0 Å². The fourth-order valence-corrected chi connectivity index (χ4v) is 0.994. The highest BCUT2D eigenvalue weighted by atomic mass is 14.0. The van der Waals surface area contributed by atoms with E-state index < -0.39 is 0 Å². The first-order valence-electron chi connectivity index (χ1n) is 5.92. The predicted octanol–water partition coefficient (Wildman–Crippen LogP) is 5.53. The minimum absolute atomic E-state index is 0.764. The lowest BCUT2D eigenvalue weighted by Gasteiger charge is -2.02. The third-order valence-corrected chi connectivity index (χ3v) is 1.73. The summed E-state index contributed by atoms with van der Waals surface area (Å²) in [6.07, 6.45) is 11.4. The maximum Gasteiger partial charge on any atom is -0.0322 e. The van der Waals surface area contributed by atoms with Crippen molar-refractivity contribution in [2.75, 3.05) is 0 Å². The normalized spacial score (nSPS) is 11.7. The Balaban J connectivity index is 0. The van der Waals surface area contributed by atoms with Gasteiger partial charge in [0.15, 0.2) is 0 Å². The van der Waals surface area contributed by atoms with Gasteiger partial charge in [0.05, 0.1) is 0 Å². The third kappa shape index (κ3) is 24.6. The van der Waals surface area contributed by atoms with Crippen LogP contribution < -0.4 is 0 Å². The number of rotatable bonds is 6. The summed E-state index contributed by atoms with van der Waals surface area (Å²) in [4.78, 5) is 0. The van der Waals surface area contributed by atoms with Crippen molar-refractivity contribution in [1.29, 1.82) is 0 Å². The van der Waals surface area contributed by atoms with Gasteiger partial charge in [0.2, 0.25) is 0 Å². The number of allylic oxidation sites excluding steroid dienone is 4. The molecule has 0 saturated heterocycles. The van der Waals surface area contributed by atoms with Gasteiger partial charge in [0.1, 0.15) is 0 Å². The molecule has 0 aromatic carbocycles. The van der Waals surface area contributed by atoms with E-state index in [4.69, 9.17) is 0 Å². The van der Waals surface area contributed by atoms with E-state index in [1.54, 1.807) is 0 Å². The van der Waals surface area contributed by atoms with Gasteiger partial charge in [-0.2, -0.15) is 0 Å². The van der Waals surface area contributed by atoms with Gasteiger partial charge in [-0.15, -0.1) is 13.2 Å². The molecule has 0 heteroatoms. The monoisotopic (exact) mass is 208 g/mol. The Morgan fingerprint density at radius 3 is 2.13 bits per heavy atom. The van der Waals surface area contributed by atoms with Crippen molar-refractivity contribution in [1.82, 2.24) is 0 Å². The summed E-state index contributed by atoms with van der Waals surface area (Å²) in [5.74, 6) is 0.764. The molecule has 0 radical (unpaired) electrons. The maximum absolute atomic E-state index is 3.72. The number of unbranched alkanes of at least 4 members (excludes halogenated alkanes) is 1. The van der Waals surface area contributed by atoms with Crippen molar-refractivity contribution in [2.24, 2.45) is 5.92 Å². The van der Waals surface area contributed by atoms with E-state index in [9.17, 15) is 0 Å². The first-order valence-corrected chi connectivity index (χ1v) is 5.92. The Bertz CT molecular complexity index is 170. The van der Waals surface area contributed by atoms with Crippen LogP contribution in [0.25, 0.3) is 0 Å². The van der Waals surface area contributed by atoms with Gasteiger partial charge in [-0.05, 0) is 39.0 Å². The first kappa shape index (κ1) is 16.6. The average molecular weight is 208 g/mol. The molecule has 0 aromatic heterocycles. The second-order valence-corrected chi connectivity index (χ2v) is 4.33. The fourth-order valence-electron chi connectivity index (χ4n) is 0.994. The molecule has 1 unspecified atom stereocenters. The molecule has 1 atom stereocenters. The molecule has 15 heavy (non-hydrogen) atoms. The quantitative estimate of drug-likeness (QED) is 0.504. The molecule has 0 N–H and O–H groups in total. The third-order valence-electron chi connectivity index (χ3n) is 1.73. The van der Waals surface area contributed by atoms with E-state index in [0.717, 1.165) is 12.3 Å². The molecular formula is C15H28. The largest absolute Gasteiger partial charge is 0.103 e. The molecule has 0 aliphatic carbocycles. The van der Waals surface area contributed by atoms with Crippen LogP contribution in [0.4, 0.5) is 0 Å². The van der Waals surface area contributed by atoms with Crippen molar-refractivity contribution in [3.05, 3.63) is 37.0 Å². The van der Waals surface area contributed by atoms with E-state index in [-0.39, 0.29) is 0 Å². The van der Waals surface area contributed by atoms with Crippen molar-refractivity contribution in [3.8, 4) is 0 Å². The van der Waals surface area contributed by atoms with E-state index in [1.807, 2.05) is 19.9 Å². The van der Waals surface area contributed by atoms with Crippen LogP contribution in [-0.4, -0.2) is 0 Å². The molecule has 0 rings (SSSR count). The molecule has 0 spiro atoms. The van der Waals surface area contributed by atoms with Gasteiger partial charge in [-0.25, -0.2) is 0 Å². The van der Waals surface area contributed by atoms with Crippen LogP contribution in [0, 0.1) is 5.92 Å². The van der Waals surface area contributed by atoms with Crippen molar-refractivity contribution >= 4 is 0 Å². The Morgan fingerprint density at radius 2 is 1.73 bits per heavy atom. The zero-order valence-corrected chi connectivity index (χ0v) is 11.1. The summed E-state index contributed by atoms with van der Waals surface area (Å²) in [5.41, 5.74) is 1.17. The molecule has 0 fully saturated rings. The van der Waals surface area contributed by atoms with Crippen LogP contribution in [0.3, 0.4) is 0 Å². The lowest BCUT2D eigenvalue weighted by Crippen LogP contribution is -1.88. The average Bonchev–Trinajstić information content (AvgIpc) is 2.12. The van der Waals surface area contributed by atoms with E-state index in [1.165, 1.54) is 24.8 Å². The topological polar surface area (TPSA) is 0 Å². The van der Waals surface area contributed by atoms with Crippen LogP contribution in [0.5, 0.6) is 0 Å². The Kier molecular flexibility index (Phi) is 14.7. The Morgan fingerprint density at radius 1 is 1.20 bits per heavy atom. The zero-order valence-electron chi connectivity index (χ0n) is 11.1.